The van der Waals surface area contributed by atoms with Crippen molar-refractivity contribution in [1.82, 2.24) is 15.2 Å². The second kappa shape index (κ2) is 23.7. The van der Waals surface area contributed by atoms with E-state index >= 15 is 0 Å². The molecule has 0 spiro atoms. The van der Waals surface area contributed by atoms with Crippen molar-refractivity contribution < 1.29 is 38.6 Å². The first-order valence-corrected chi connectivity index (χ1v) is 26.2. The molecule has 5 rings (SSSR count). The summed E-state index contributed by atoms with van der Waals surface area (Å²) in [6.45, 7) is 30.4. The summed E-state index contributed by atoms with van der Waals surface area (Å²) in [7, 11) is 0. The molecule has 4 amide bonds. The van der Waals surface area contributed by atoms with Crippen LogP contribution in [0.25, 0.3) is 11.1 Å². The molecule has 70 heavy (non-hydrogen) atoms. The highest BCUT2D eigenvalue weighted by Crippen LogP contribution is 2.50. The number of anilines is 3. The van der Waals surface area contributed by atoms with Crippen molar-refractivity contribution in [3.8, 4) is 0 Å². The van der Waals surface area contributed by atoms with Crippen molar-refractivity contribution >= 4 is 58.0 Å². The molecule has 2 aromatic rings. The third kappa shape index (κ3) is 12.0. The van der Waals surface area contributed by atoms with Crippen molar-refractivity contribution in [2.24, 2.45) is 11.8 Å². The van der Waals surface area contributed by atoms with Crippen LogP contribution >= 0.6 is 0 Å². The first-order valence-electron chi connectivity index (χ1n) is 26.2. The number of Topliss-reactive ketones (excluding diaryl/α,β-unsaturated/α-hetero) is 1. The fraction of sp³-hybridized carbons (Fsp3) is 0.643. The number of fused-ring (bicyclic) bond motifs is 2. The molecule has 4 unspecified atom stereocenters. The predicted octanol–water partition coefficient (Wildman–Crippen LogP) is 8.21. The molecule has 386 valence electrons. The van der Waals surface area contributed by atoms with E-state index in [0.29, 0.717) is 35.4 Å². The number of unbranched alkanes of at least 4 members (excludes halogenated alkanes) is 2. The van der Waals surface area contributed by atoms with Crippen LogP contribution in [0.3, 0.4) is 0 Å². The molecule has 0 saturated heterocycles. The number of ketones is 1. The van der Waals surface area contributed by atoms with Gasteiger partial charge in [-0.15, -0.1) is 0 Å². The Bertz CT molecular complexity index is 2440. The Morgan fingerprint density at radius 3 is 1.73 bits per heavy atom. The zero-order valence-electron chi connectivity index (χ0n) is 44.8. The lowest BCUT2D eigenvalue weighted by atomic mass is 9.76. The summed E-state index contributed by atoms with van der Waals surface area (Å²) in [4.78, 5) is 69.8. The largest absolute Gasteiger partial charge is 0.871 e. The van der Waals surface area contributed by atoms with Gasteiger partial charge in [-0.3, -0.25) is 14.4 Å². The zero-order valence-corrected chi connectivity index (χ0v) is 44.8. The Kier molecular flexibility index (Phi) is 18.8. The Labute approximate surface area is 417 Å². The van der Waals surface area contributed by atoms with Crippen molar-refractivity contribution in [1.29, 1.82) is 0 Å². The molecule has 0 aromatic heterocycles. The van der Waals surface area contributed by atoms with Gasteiger partial charge in [-0.05, 0) is 104 Å². The topological polar surface area (TPSA) is 181 Å². The van der Waals surface area contributed by atoms with Crippen LogP contribution in [0.5, 0.6) is 0 Å². The van der Waals surface area contributed by atoms with Gasteiger partial charge >= 0.3 is 12.2 Å². The van der Waals surface area contributed by atoms with Crippen LogP contribution in [0.15, 0.2) is 30.0 Å². The highest BCUT2D eigenvalue weighted by atomic mass is 16.6. The van der Waals surface area contributed by atoms with Crippen LogP contribution in [0, 0.1) is 11.8 Å². The summed E-state index contributed by atoms with van der Waals surface area (Å²) in [6.07, 6.45) is 6.74. The predicted molar refractivity (Wildman–Crippen MR) is 278 cm³/mol. The molecular formula is C56H84N6O8. The zero-order chi connectivity index (χ0) is 51.8. The van der Waals surface area contributed by atoms with Crippen molar-refractivity contribution in [2.45, 2.75) is 196 Å². The van der Waals surface area contributed by atoms with Gasteiger partial charge in [0.1, 0.15) is 6.04 Å². The average Bonchev–Trinajstić information content (AvgIpc) is 3.62. The van der Waals surface area contributed by atoms with Crippen molar-refractivity contribution in [3.63, 3.8) is 0 Å². The minimum atomic E-state index is -0.583. The second-order valence-corrected chi connectivity index (χ2v) is 21.5. The van der Waals surface area contributed by atoms with Crippen LogP contribution < -0.4 is 46.4 Å². The standard InChI is InChI=1S/C56H84N6O8/c1-15-19-21-37(17-3)31-69-53(67)57-25-23-47(63)59-43-29-45-41(55(11,12)35(9)61(45)33(5)6)27-39(43)49-51(65)50(52(49)66)40-28-42-46(62(34(7)8)36(10)56(42,13)14)30-44(40)60-48(64)24-26-58-54(68)70-32-38(18-4)22-20-16-2/h27-30,33-38H,15-26,31-32H2,1-14H3,(H4,57,58,59,60,63,64,65,66,67,68). The molecule has 1 aliphatic carbocycles. The first kappa shape index (κ1) is 55.5. The molecule has 4 atom stereocenters. The molecule has 14 nitrogen and oxygen atoms in total. The number of amides is 4. The average molecular weight is 969 g/mol. The number of hydrogen-bond acceptors (Lipinski definition) is 9. The maximum absolute atomic E-state index is 14.9. The van der Waals surface area contributed by atoms with Gasteiger partial charge in [0, 0.05) is 82.7 Å². The third-order valence-electron chi connectivity index (χ3n) is 15.5. The maximum atomic E-state index is 14.9. The molecular weight excluding hydrogens is 885 g/mol. The van der Waals surface area contributed by atoms with E-state index in [2.05, 4.69) is 128 Å². The fourth-order valence-corrected chi connectivity index (χ4v) is 10.4. The van der Waals surface area contributed by atoms with Gasteiger partial charge in [0.15, 0.2) is 11.8 Å². The number of carbonyl (C=O) groups excluding carboxylic acids is 5. The number of benzene rings is 2. The molecule has 0 saturated carbocycles. The van der Waals surface area contributed by atoms with E-state index in [1.807, 2.05) is 24.3 Å². The lowest BCUT2D eigenvalue weighted by molar-refractivity contribution is -0.292. The number of rotatable bonds is 23. The van der Waals surface area contributed by atoms with Gasteiger partial charge in [-0.2, -0.15) is 0 Å². The summed E-state index contributed by atoms with van der Waals surface area (Å²) >= 11 is 0. The lowest BCUT2D eigenvalue weighted by Gasteiger charge is -2.34. The molecule has 14 heteroatoms. The maximum Gasteiger partial charge on any atom is 0.407 e. The number of carbonyl (C=O) groups is 5. The van der Waals surface area contributed by atoms with Gasteiger partial charge in [0.2, 0.25) is 17.2 Å². The van der Waals surface area contributed by atoms with E-state index in [1.165, 1.54) is 0 Å². The Hall–Kier alpha value is -5.40. The smallest absolute Gasteiger partial charge is 0.407 e. The number of alkyl carbamates (subject to hydrolysis) is 2. The van der Waals surface area contributed by atoms with Gasteiger partial charge in [-0.25, -0.2) is 14.2 Å². The van der Waals surface area contributed by atoms with Crippen LogP contribution in [-0.4, -0.2) is 80.3 Å². The molecule has 2 aliphatic heterocycles. The van der Waals surface area contributed by atoms with E-state index in [0.717, 1.165) is 73.5 Å². The molecule has 0 radical (unpaired) electrons. The van der Waals surface area contributed by atoms with E-state index < -0.39 is 35.5 Å². The molecule has 4 N–H and O–H groups in total. The molecule has 0 fully saturated rings. The van der Waals surface area contributed by atoms with Gasteiger partial charge in [-0.1, -0.05) is 85.8 Å². The number of ether oxygens (including phenoxy) is 2. The van der Waals surface area contributed by atoms with Crippen LogP contribution in [0.1, 0.15) is 178 Å². The summed E-state index contributed by atoms with van der Waals surface area (Å²) in [5, 5.41) is 27.5. The van der Waals surface area contributed by atoms with Gasteiger partial charge in [0.25, 0.3) is 0 Å². The summed E-state index contributed by atoms with van der Waals surface area (Å²) in [6, 6.07) is 7.84. The van der Waals surface area contributed by atoms with Gasteiger partial charge < -0.3 is 40.7 Å². The summed E-state index contributed by atoms with van der Waals surface area (Å²) in [5.74, 6) is -1.24. The number of nitrogens with one attached hydrogen (secondary N) is 4. The number of nitrogens with zero attached hydrogens (tertiary/aromatic N) is 2. The molecule has 0 bridgehead atoms. The first-order chi connectivity index (χ1) is 33.0. The fourth-order valence-electron chi connectivity index (χ4n) is 10.4. The number of hydrogen-bond donors (Lipinski definition) is 4. The van der Waals surface area contributed by atoms with Crippen molar-refractivity contribution in [2.75, 3.05) is 41.8 Å². The van der Waals surface area contributed by atoms with E-state index in [9.17, 15) is 29.1 Å². The Morgan fingerprint density at radius 1 is 0.729 bits per heavy atom. The summed E-state index contributed by atoms with van der Waals surface area (Å²) in [5.41, 5.74) is 2.91. The highest BCUT2D eigenvalue weighted by molar-refractivity contribution is 6.52. The Morgan fingerprint density at radius 2 is 1.26 bits per heavy atom. The quantitative estimate of drug-likeness (QED) is 0.0799. The SMILES string of the molecule is CCCCC(CC)COC(=O)NCCC(=O)Nc1cc2c(cc1C1=C([O-])/C(=c3/cc4c(cc3NC(=O)CCNC(=O)OCC(CC)CCCC)=[N+](C(C)C)C(C)C4(C)C)C1=O)C(C)(C)C(C)N2C(C)C. The molecule has 2 aromatic carbocycles. The van der Waals surface area contributed by atoms with Gasteiger partial charge in [0.05, 0.1) is 30.0 Å². The van der Waals surface area contributed by atoms with Crippen LogP contribution in [0.2, 0.25) is 0 Å². The second-order valence-electron chi connectivity index (χ2n) is 21.5. The number of allylic oxidation sites excluding steroid dienone is 2. The molecule has 2 heterocycles. The van der Waals surface area contributed by atoms with Crippen molar-refractivity contribution in [3.05, 3.63) is 57.3 Å². The minimum Gasteiger partial charge on any atom is -0.871 e. The normalized spacial score (nSPS) is 19.4. The highest BCUT2D eigenvalue weighted by Gasteiger charge is 2.47. The van der Waals surface area contributed by atoms with E-state index in [1.54, 1.807) is 0 Å². The van der Waals surface area contributed by atoms with Crippen LogP contribution in [0.4, 0.5) is 26.7 Å². The lowest BCUT2D eigenvalue weighted by Crippen LogP contribution is -2.42. The molecule has 3 aliphatic rings. The van der Waals surface area contributed by atoms with E-state index in [4.69, 9.17) is 9.47 Å². The third-order valence-corrected chi connectivity index (χ3v) is 15.5. The summed E-state index contributed by atoms with van der Waals surface area (Å²) < 4.78 is 13.2. The van der Waals surface area contributed by atoms with E-state index in [-0.39, 0.29) is 83.9 Å². The minimum absolute atomic E-state index is 0.0277. The van der Waals surface area contributed by atoms with Crippen LogP contribution in [-0.2, 0) is 34.7 Å². The monoisotopic (exact) mass is 969 g/mol. The Balaban J connectivity index is 1.52.